The van der Waals surface area contributed by atoms with Gasteiger partial charge in [-0.2, -0.15) is 0 Å². The second-order valence-electron chi connectivity index (χ2n) is 7.66. The van der Waals surface area contributed by atoms with Gasteiger partial charge < -0.3 is 0 Å². The van der Waals surface area contributed by atoms with Gasteiger partial charge in [-0.05, 0) is 97.6 Å². The molecule has 1 heteroatoms. The fourth-order valence-electron chi connectivity index (χ4n) is 4.10. The molecule has 0 aromatic heterocycles. The lowest BCUT2D eigenvalue weighted by atomic mass is 9.81. The van der Waals surface area contributed by atoms with Crippen LogP contribution in [-0.2, 0) is 5.41 Å². The summed E-state index contributed by atoms with van der Waals surface area (Å²) in [6.07, 6.45) is 4.35. The summed E-state index contributed by atoms with van der Waals surface area (Å²) in [6.45, 7) is 11.1. The number of halogens is 1. The lowest BCUT2D eigenvalue weighted by Crippen LogP contribution is -2.24. The van der Waals surface area contributed by atoms with Gasteiger partial charge in [0, 0.05) is 8.99 Å². The van der Waals surface area contributed by atoms with Crippen molar-refractivity contribution in [3.8, 4) is 11.1 Å². The quantitative estimate of drug-likeness (QED) is 0.417. The Labute approximate surface area is 175 Å². The van der Waals surface area contributed by atoms with Crippen molar-refractivity contribution in [2.45, 2.75) is 26.2 Å². The second kappa shape index (κ2) is 6.79. The van der Waals surface area contributed by atoms with Crippen LogP contribution in [-0.4, -0.2) is 0 Å². The highest BCUT2D eigenvalue weighted by molar-refractivity contribution is 14.1. The highest BCUT2D eigenvalue weighted by atomic mass is 127. The van der Waals surface area contributed by atoms with Gasteiger partial charge in [0.15, 0.2) is 0 Å². The van der Waals surface area contributed by atoms with Gasteiger partial charge >= 0.3 is 0 Å². The first kappa shape index (κ1) is 18.2. The number of rotatable bonds is 2. The van der Waals surface area contributed by atoms with Crippen molar-refractivity contribution in [2.24, 2.45) is 0 Å². The number of hydrogen-bond donors (Lipinski definition) is 0. The van der Waals surface area contributed by atoms with Crippen LogP contribution in [0, 0.1) is 3.57 Å². The molecule has 4 rings (SSSR count). The molecular weight excluding hydrogens is 439 g/mol. The van der Waals surface area contributed by atoms with Crippen molar-refractivity contribution >= 4 is 40.3 Å². The van der Waals surface area contributed by atoms with Crippen molar-refractivity contribution in [2.75, 3.05) is 0 Å². The van der Waals surface area contributed by atoms with E-state index in [1.54, 1.807) is 0 Å². The van der Waals surface area contributed by atoms with Crippen LogP contribution >= 0.6 is 22.6 Å². The SMILES string of the molecule is C=C(/C=c1/ccc(I)c/c1=C/C)c1ccc2c(c1)C(C)(C)c1ccccc1-2. The zero-order valence-electron chi connectivity index (χ0n) is 16.0. The lowest BCUT2D eigenvalue weighted by Gasteiger charge is -2.22. The van der Waals surface area contributed by atoms with E-state index < -0.39 is 0 Å². The molecule has 0 aliphatic heterocycles. The van der Waals surface area contributed by atoms with Gasteiger partial charge in [0.2, 0.25) is 0 Å². The van der Waals surface area contributed by atoms with Crippen LogP contribution in [0.1, 0.15) is 37.5 Å². The molecule has 0 N–H and O–H groups in total. The van der Waals surface area contributed by atoms with Crippen LogP contribution in [0.5, 0.6) is 0 Å². The zero-order chi connectivity index (χ0) is 19.2. The summed E-state index contributed by atoms with van der Waals surface area (Å²) >= 11 is 2.36. The van der Waals surface area contributed by atoms with Crippen LogP contribution in [0.3, 0.4) is 0 Å². The topological polar surface area (TPSA) is 0 Å². The summed E-state index contributed by atoms with van der Waals surface area (Å²) in [4.78, 5) is 0. The summed E-state index contributed by atoms with van der Waals surface area (Å²) in [5.41, 5.74) is 7.77. The van der Waals surface area contributed by atoms with Crippen LogP contribution in [0.15, 0.2) is 67.2 Å². The Morgan fingerprint density at radius 1 is 0.889 bits per heavy atom. The van der Waals surface area contributed by atoms with Crippen molar-refractivity contribution in [3.05, 3.63) is 97.9 Å². The van der Waals surface area contributed by atoms with Crippen LogP contribution in [0.4, 0.5) is 0 Å². The van der Waals surface area contributed by atoms with E-state index in [0.29, 0.717) is 0 Å². The number of hydrogen-bond acceptors (Lipinski definition) is 0. The monoisotopic (exact) mass is 462 g/mol. The van der Waals surface area contributed by atoms with E-state index >= 15 is 0 Å². The summed E-state index contributed by atoms with van der Waals surface area (Å²) in [6, 6.07) is 22.1. The number of fused-ring (bicyclic) bond motifs is 3. The maximum Gasteiger partial charge on any atom is 0.0159 e. The largest absolute Gasteiger partial charge is 0.0911 e. The van der Waals surface area contributed by atoms with Gasteiger partial charge in [0.1, 0.15) is 0 Å². The van der Waals surface area contributed by atoms with Crippen molar-refractivity contribution in [3.63, 3.8) is 0 Å². The molecule has 134 valence electrons. The second-order valence-corrected chi connectivity index (χ2v) is 8.91. The maximum absolute atomic E-state index is 4.37. The molecule has 0 amide bonds. The normalized spacial score (nSPS) is 15.6. The molecule has 0 unspecified atom stereocenters. The Hall–Kier alpha value is -2.13. The fourth-order valence-corrected chi connectivity index (χ4v) is 4.62. The predicted octanol–water partition coefficient (Wildman–Crippen LogP) is 5.89. The Bertz CT molecular complexity index is 1180. The molecule has 0 saturated heterocycles. The van der Waals surface area contributed by atoms with Crippen LogP contribution < -0.4 is 10.4 Å². The highest BCUT2D eigenvalue weighted by Crippen LogP contribution is 2.48. The number of allylic oxidation sites excluding steroid dienone is 1. The van der Waals surface area contributed by atoms with Crippen LogP contribution in [0.2, 0.25) is 0 Å². The van der Waals surface area contributed by atoms with Gasteiger partial charge in [-0.1, -0.05) is 69.0 Å². The zero-order valence-corrected chi connectivity index (χ0v) is 18.2. The summed E-state index contributed by atoms with van der Waals surface area (Å²) < 4.78 is 1.25. The van der Waals surface area contributed by atoms with Gasteiger partial charge in [0.25, 0.3) is 0 Å². The van der Waals surface area contributed by atoms with Crippen molar-refractivity contribution in [1.29, 1.82) is 0 Å². The van der Waals surface area contributed by atoms with Gasteiger partial charge in [-0.15, -0.1) is 0 Å². The molecule has 3 aromatic rings. The highest BCUT2D eigenvalue weighted by Gasteiger charge is 2.35. The third-order valence-electron chi connectivity index (χ3n) is 5.64. The molecule has 0 fully saturated rings. The van der Waals surface area contributed by atoms with Crippen molar-refractivity contribution < 1.29 is 0 Å². The van der Waals surface area contributed by atoms with Gasteiger partial charge in [-0.3, -0.25) is 0 Å². The fraction of sp³-hybridized carbons (Fsp3) is 0.154. The van der Waals surface area contributed by atoms with Crippen molar-refractivity contribution in [1.82, 2.24) is 0 Å². The standard InChI is InChI=1S/C26H23I/c1-5-18-15-21(27)12-10-20(18)14-17(2)19-11-13-23-22-8-6-7-9-24(22)26(3,4)25(23)16-19/h5-16H,2H2,1,3-4H3/b18-5-,20-14-. The molecule has 0 saturated carbocycles. The summed E-state index contributed by atoms with van der Waals surface area (Å²) in [5, 5.41) is 2.46. The average molecular weight is 462 g/mol. The first-order chi connectivity index (χ1) is 12.9. The third-order valence-corrected chi connectivity index (χ3v) is 6.31. The first-order valence-electron chi connectivity index (χ1n) is 9.29. The predicted molar refractivity (Wildman–Crippen MR) is 126 cm³/mol. The molecule has 0 nitrogen and oxygen atoms in total. The molecule has 0 atom stereocenters. The Morgan fingerprint density at radius 3 is 2.41 bits per heavy atom. The van der Waals surface area contributed by atoms with E-state index in [4.69, 9.17) is 0 Å². The lowest BCUT2D eigenvalue weighted by molar-refractivity contribution is 0.660. The molecule has 0 heterocycles. The molecule has 1 aliphatic rings. The molecule has 0 spiro atoms. The number of benzene rings is 3. The molecule has 0 bridgehead atoms. The van der Waals surface area contributed by atoms with Gasteiger partial charge in [0.05, 0.1) is 0 Å². The Morgan fingerprint density at radius 2 is 1.63 bits per heavy atom. The maximum atomic E-state index is 4.37. The molecule has 1 aliphatic carbocycles. The minimum atomic E-state index is 0.0213. The van der Waals surface area contributed by atoms with E-state index in [9.17, 15) is 0 Å². The van der Waals surface area contributed by atoms with E-state index in [2.05, 4.69) is 123 Å². The molecule has 3 aromatic carbocycles. The smallest absolute Gasteiger partial charge is 0.0159 e. The van der Waals surface area contributed by atoms with E-state index in [1.165, 1.54) is 41.8 Å². The Kier molecular flexibility index (Phi) is 4.59. The summed E-state index contributed by atoms with van der Waals surface area (Å²) in [5.74, 6) is 0. The van der Waals surface area contributed by atoms with Gasteiger partial charge in [-0.25, -0.2) is 0 Å². The molecule has 27 heavy (non-hydrogen) atoms. The average Bonchev–Trinajstić information content (AvgIpc) is 2.90. The summed E-state index contributed by atoms with van der Waals surface area (Å²) in [7, 11) is 0. The minimum absolute atomic E-state index is 0.0213. The molecule has 0 radical (unpaired) electrons. The van der Waals surface area contributed by atoms with Crippen LogP contribution in [0.25, 0.3) is 28.9 Å². The third kappa shape index (κ3) is 3.08. The Balaban J connectivity index is 1.82. The van der Waals surface area contributed by atoms with E-state index in [1.807, 2.05) is 0 Å². The van der Waals surface area contributed by atoms with E-state index in [-0.39, 0.29) is 5.41 Å². The minimum Gasteiger partial charge on any atom is -0.0911 e. The molecular formula is C26H23I. The first-order valence-corrected chi connectivity index (χ1v) is 10.4. The van der Waals surface area contributed by atoms with E-state index in [0.717, 1.165) is 5.57 Å².